The topological polar surface area (TPSA) is 94.2 Å². The third-order valence-electron chi connectivity index (χ3n) is 4.52. The summed E-state index contributed by atoms with van der Waals surface area (Å²) >= 11 is 0. The van der Waals surface area contributed by atoms with Crippen LogP contribution in [0.25, 0.3) is 0 Å². The fraction of sp³-hybridized carbons (Fsp3) is 0.294. The maximum Gasteiger partial charge on any atom is 0.244 e. The average molecular weight is 309 g/mol. The molecule has 0 radical (unpaired) electrons. The van der Waals surface area contributed by atoms with Crippen molar-refractivity contribution in [2.45, 2.75) is 19.3 Å². The van der Waals surface area contributed by atoms with Crippen LogP contribution < -0.4 is 4.90 Å². The van der Waals surface area contributed by atoms with Crippen molar-refractivity contribution in [3.63, 3.8) is 0 Å². The zero-order chi connectivity index (χ0) is 16.9. The number of likely N-dealkylation sites (N-methyl/N-ethyl adjacent to an activating group) is 1. The van der Waals surface area contributed by atoms with Gasteiger partial charge in [-0.1, -0.05) is 18.2 Å². The lowest BCUT2D eigenvalue weighted by Gasteiger charge is -2.38. The zero-order valence-corrected chi connectivity index (χ0v) is 13.0. The van der Waals surface area contributed by atoms with Crippen LogP contribution in [0.3, 0.4) is 0 Å². The highest BCUT2D eigenvalue weighted by atomic mass is 16.5. The standard InChI is InChI=1S/C17H15N3O3/c1-9(21)14-10(2)23-15(19)12(8-18)17(14)11-6-4-5-7-13(11)20(3)16(17)22/h4-7,12,19H,1-3H3. The molecule has 2 atom stereocenters. The molecule has 6 nitrogen and oxygen atoms in total. The normalized spacial score (nSPS) is 26.2. The van der Waals surface area contributed by atoms with Gasteiger partial charge in [0.25, 0.3) is 0 Å². The lowest BCUT2D eigenvalue weighted by molar-refractivity contribution is -0.125. The summed E-state index contributed by atoms with van der Waals surface area (Å²) in [7, 11) is 1.61. The van der Waals surface area contributed by atoms with Crippen molar-refractivity contribution in [1.82, 2.24) is 0 Å². The van der Waals surface area contributed by atoms with Crippen LogP contribution in [0.5, 0.6) is 0 Å². The third-order valence-corrected chi connectivity index (χ3v) is 4.52. The summed E-state index contributed by atoms with van der Waals surface area (Å²) in [5.74, 6) is -2.01. The second kappa shape index (κ2) is 4.78. The molecule has 2 heterocycles. The van der Waals surface area contributed by atoms with Crippen molar-refractivity contribution in [2.24, 2.45) is 5.92 Å². The van der Waals surface area contributed by atoms with E-state index in [1.165, 1.54) is 11.8 Å². The highest BCUT2D eigenvalue weighted by molar-refractivity contribution is 6.19. The summed E-state index contributed by atoms with van der Waals surface area (Å²) in [6.07, 6.45) is 0. The van der Waals surface area contributed by atoms with E-state index in [9.17, 15) is 14.9 Å². The smallest absolute Gasteiger partial charge is 0.244 e. The van der Waals surface area contributed by atoms with Gasteiger partial charge in [0.1, 0.15) is 17.1 Å². The van der Waals surface area contributed by atoms with Gasteiger partial charge in [-0.25, -0.2) is 0 Å². The fourth-order valence-electron chi connectivity index (χ4n) is 3.68. The number of rotatable bonds is 1. The predicted molar refractivity (Wildman–Crippen MR) is 82.8 cm³/mol. The number of amides is 1. The van der Waals surface area contributed by atoms with Crippen LogP contribution in [0.2, 0.25) is 0 Å². The minimum atomic E-state index is -1.51. The highest BCUT2D eigenvalue weighted by Gasteiger charge is 2.63. The van der Waals surface area contributed by atoms with E-state index in [1.54, 1.807) is 38.2 Å². The van der Waals surface area contributed by atoms with Gasteiger partial charge in [-0.2, -0.15) is 5.26 Å². The Hall–Kier alpha value is -2.94. The molecule has 2 aliphatic heterocycles. The monoisotopic (exact) mass is 309 g/mol. The molecular weight excluding hydrogens is 294 g/mol. The number of benzene rings is 1. The first-order valence-electron chi connectivity index (χ1n) is 7.13. The van der Waals surface area contributed by atoms with Crippen molar-refractivity contribution in [1.29, 1.82) is 10.7 Å². The molecule has 0 bridgehead atoms. The number of ketones is 1. The maximum atomic E-state index is 13.2. The molecule has 0 aromatic heterocycles. The van der Waals surface area contributed by atoms with Crippen LogP contribution in [0.1, 0.15) is 19.4 Å². The van der Waals surface area contributed by atoms with Crippen LogP contribution in [0.4, 0.5) is 5.69 Å². The molecule has 0 aliphatic carbocycles. The maximum absolute atomic E-state index is 13.2. The molecule has 2 unspecified atom stereocenters. The van der Waals surface area contributed by atoms with Crippen LogP contribution in [0, 0.1) is 22.7 Å². The van der Waals surface area contributed by atoms with Gasteiger partial charge >= 0.3 is 0 Å². The van der Waals surface area contributed by atoms with Crippen LogP contribution in [0.15, 0.2) is 35.6 Å². The van der Waals surface area contributed by atoms with E-state index in [0.717, 1.165) is 0 Å². The summed E-state index contributed by atoms with van der Waals surface area (Å²) < 4.78 is 5.30. The van der Waals surface area contributed by atoms with Gasteiger partial charge in [0, 0.05) is 12.7 Å². The number of ether oxygens (including phenoxy) is 1. The van der Waals surface area contributed by atoms with Gasteiger partial charge in [0.05, 0.1) is 11.6 Å². The van der Waals surface area contributed by atoms with E-state index in [1.807, 2.05) is 6.07 Å². The van der Waals surface area contributed by atoms with Crippen LogP contribution in [-0.2, 0) is 19.7 Å². The molecule has 0 saturated heterocycles. The Labute approximate surface area is 133 Å². The Morgan fingerprint density at radius 1 is 1.43 bits per heavy atom. The summed E-state index contributed by atoms with van der Waals surface area (Å²) in [6.45, 7) is 2.90. The van der Waals surface area contributed by atoms with Crippen molar-refractivity contribution in [3.05, 3.63) is 41.2 Å². The Morgan fingerprint density at radius 3 is 2.70 bits per heavy atom. The Kier molecular flexibility index (Phi) is 3.11. The molecule has 116 valence electrons. The Bertz CT molecular complexity index is 834. The van der Waals surface area contributed by atoms with Crippen molar-refractivity contribution >= 4 is 23.3 Å². The average Bonchev–Trinajstić information content (AvgIpc) is 2.71. The lowest BCUT2D eigenvalue weighted by atomic mass is 9.63. The number of carbonyl (C=O) groups excluding carboxylic acids is 2. The molecule has 3 rings (SSSR count). The number of nitriles is 1. The largest absolute Gasteiger partial charge is 0.446 e. The van der Waals surface area contributed by atoms with Gasteiger partial charge in [-0.3, -0.25) is 15.0 Å². The number of para-hydroxylation sites is 1. The van der Waals surface area contributed by atoms with E-state index >= 15 is 0 Å². The van der Waals surface area contributed by atoms with Gasteiger partial charge in [0.15, 0.2) is 5.78 Å². The molecule has 6 heteroatoms. The number of nitrogens with zero attached hydrogens (tertiary/aromatic N) is 2. The minimum Gasteiger partial charge on any atom is -0.446 e. The number of anilines is 1. The molecule has 0 fully saturated rings. The molecule has 1 amide bonds. The van der Waals surface area contributed by atoms with E-state index in [-0.39, 0.29) is 28.9 Å². The molecule has 23 heavy (non-hydrogen) atoms. The molecule has 1 N–H and O–H groups in total. The first-order valence-corrected chi connectivity index (χ1v) is 7.13. The summed E-state index contributed by atoms with van der Waals surface area (Å²) in [5, 5.41) is 17.7. The molecule has 2 aliphatic rings. The quantitative estimate of drug-likeness (QED) is 0.857. The highest BCUT2D eigenvalue weighted by Crippen LogP contribution is 2.53. The summed E-state index contributed by atoms with van der Waals surface area (Å²) in [4.78, 5) is 26.9. The molecular formula is C17H15N3O3. The number of Topliss-reactive ketones (excluding diaryl/α,β-unsaturated/α-hetero) is 1. The van der Waals surface area contributed by atoms with E-state index < -0.39 is 11.3 Å². The number of hydrogen-bond donors (Lipinski definition) is 1. The number of hydrogen-bond acceptors (Lipinski definition) is 5. The lowest BCUT2D eigenvalue weighted by Crippen LogP contribution is -2.53. The summed E-state index contributed by atoms with van der Waals surface area (Å²) in [5.41, 5.74) is -0.150. The Morgan fingerprint density at radius 2 is 2.09 bits per heavy atom. The number of carbonyl (C=O) groups is 2. The SMILES string of the molecule is CC(=O)C1=C(C)OC(=N)C(C#N)C12C(=O)N(C)c1ccccc12. The fourth-order valence-corrected chi connectivity index (χ4v) is 3.68. The predicted octanol–water partition coefficient (Wildman–Crippen LogP) is 1.91. The van der Waals surface area contributed by atoms with Gasteiger partial charge < -0.3 is 9.64 Å². The number of allylic oxidation sites excluding steroid dienone is 1. The molecule has 0 saturated carbocycles. The van der Waals surface area contributed by atoms with E-state index in [0.29, 0.717) is 11.3 Å². The Balaban J connectivity index is 2.48. The van der Waals surface area contributed by atoms with Crippen molar-refractivity contribution in [2.75, 3.05) is 11.9 Å². The second-order valence-corrected chi connectivity index (χ2v) is 5.71. The third kappa shape index (κ3) is 1.65. The van der Waals surface area contributed by atoms with Crippen molar-refractivity contribution < 1.29 is 14.3 Å². The van der Waals surface area contributed by atoms with Gasteiger partial charge in [-0.05, 0) is 25.5 Å². The molecule has 1 aromatic carbocycles. The zero-order valence-electron chi connectivity index (χ0n) is 13.0. The summed E-state index contributed by atoms with van der Waals surface area (Å²) in [6, 6.07) is 9.05. The van der Waals surface area contributed by atoms with Crippen molar-refractivity contribution in [3.8, 4) is 6.07 Å². The molecule has 1 spiro atoms. The first-order chi connectivity index (χ1) is 10.9. The van der Waals surface area contributed by atoms with Gasteiger partial charge in [0.2, 0.25) is 11.8 Å². The van der Waals surface area contributed by atoms with Crippen LogP contribution >= 0.6 is 0 Å². The number of fused-ring (bicyclic) bond motifs is 2. The second-order valence-electron chi connectivity index (χ2n) is 5.71. The van der Waals surface area contributed by atoms with Gasteiger partial charge in [-0.15, -0.1) is 0 Å². The number of nitrogens with one attached hydrogen (secondary N) is 1. The van der Waals surface area contributed by atoms with E-state index in [2.05, 4.69) is 0 Å². The van der Waals surface area contributed by atoms with Crippen LogP contribution in [-0.4, -0.2) is 24.6 Å². The minimum absolute atomic E-state index is 0.154. The molecule has 1 aromatic rings. The van der Waals surface area contributed by atoms with E-state index in [4.69, 9.17) is 10.1 Å². The first kappa shape index (κ1) is 15.0.